The highest BCUT2D eigenvalue weighted by Crippen LogP contribution is 2.21. The van der Waals surface area contributed by atoms with Crippen LogP contribution >= 0.6 is 22.6 Å². The van der Waals surface area contributed by atoms with Gasteiger partial charge in [-0.1, -0.05) is 13.8 Å². The van der Waals surface area contributed by atoms with Crippen LogP contribution in [0.3, 0.4) is 0 Å². The lowest BCUT2D eigenvalue weighted by Gasteiger charge is -2.24. The number of halogens is 1. The number of aromatic nitrogens is 2. The van der Waals surface area contributed by atoms with Gasteiger partial charge in [-0.25, -0.2) is 9.97 Å². The van der Waals surface area contributed by atoms with Gasteiger partial charge in [-0.15, -0.1) is 0 Å². The molecule has 0 aliphatic heterocycles. The zero-order valence-electron chi connectivity index (χ0n) is 9.83. The van der Waals surface area contributed by atoms with Crippen molar-refractivity contribution in [1.29, 1.82) is 0 Å². The molecule has 0 amide bonds. The maximum Gasteiger partial charge on any atom is 0.222 e. The van der Waals surface area contributed by atoms with E-state index in [4.69, 9.17) is 5.73 Å². The fourth-order valence-corrected chi connectivity index (χ4v) is 1.67. The molecule has 0 bridgehead atoms. The summed E-state index contributed by atoms with van der Waals surface area (Å²) >= 11 is 2.19. The molecule has 0 spiro atoms. The molecule has 3 N–H and O–H groups in total. The average molecular weight is 334 g/mol. The first-order chi connectivity index (χ1) is 7.53. The topological polar surface area (TPSA) is 63.8 Å². The zero-order chi connectivity index (χ0) is 12.0. The molecule has 5 heteroatoms. The van der Waals surface area contributed by atoms with Gasteiger partial charge in [0.15, 0.2) is 0 Å². The summed E-state index contributed by atoms with van der Waals surface area (Å²) in [4.78, 5) is 8.41. The zero-order valence-corrected chi connectivity index (χ0v) is 12.0. The molecule has 1 aromatic heterocycles. The van der Waals surface area contributed by atoms with Gasteiger partial charge < -0.3 is 11.1 Å². The van der Waals surface area contributed by atoms with Gasteiger partial charge in [0.05, 0.1) is 0 Å². The smallest absolute Gasteiger partial charge is 0.222 e. The van der Waals surface area contributed by atoms with Crippen molar-refractivity contribution in [3.05, 3.63) is 16.0 Å². The van der Waals surface area contributed by atoms with E-state index in [1.165, 1.54) is 0 Å². The van der Waals surface area contributed by atoms with Crippen LogP contribution in [0.25, 0.3) is 0 Å². The summed E-state index contributed by atoms with van der Waals surface area (Å²) in [5.41, 5.74) is 5.74. The number of rotatable bonds is 6. The van der Waals surface area contributed by atoms with E-state index in [1.807, 2.05) is 12.4 Å². The lowest BCUT2D eigenvalue weighted by molar-refractivity contribution is 0.349. The van der Waals surface area contributed by atoms with Gasteiger partial charge in [0.1, 0.15) is 0 Å². The van der Waals surface area contributed by atoms with Crippen LogP contribution in [0.1, 0.15) is 26.7 Å². The van der Waals surface area contributed by atoms with E-state index >= 15 is 0 Å². The number of nitrogens with zero attached hydrogens (tertiary/aromatic N) is 2. The molecule has 0 saturated heterocycles. The molecule has 0 aliphatic rings. The van der Waals surface area contributed by atoms with Crippen LogP contribution in [0.15, 0.2) is 12.4 Å². The third kappa shape index (κ3) is 5.07. The normalized spacial score (nSPS) is 11.5. The van der Waals surface area contributed by atoms with Crippen molar-refractivity contribution in [3.63, 3.8) is 0 Å². The highest BCUT2D eigenvalue weighted by molar-refractivity contribution is 14.1. The lowest BCUT2D eigenvalue weighted by atomic mass is 9.88. The standard InChI is InChI=1S/C11H19IN4/c1-11(2,4-3-5-13)8-16-10-14-6-9(12)7-15-10/h6-7H,3-5,8,13H2,1-2H3,(H,14,15,16). The highest BCUT2D eigenvalue weighted by Gasteiger charge is 2.17. The van der Waals surface area contributed by atoms with Crippen molar-refractivity contribution in [1.82, 2.24) is 9.97 Å². The summed E-state index contributed by atoms with van der Waals surface area (Å²) in [7, 11) is 0. The Kier molecular flexibility index (Phi) is 5.40. The second-order valence-corrected chi connectivity index (χ2v) is 5.88. The van der Waals surface area contributed by atoms with Gasteiger partial charge in [0, 0.05) is 22.5 Å². The fraction of sp³-hybridized carbons (Fsp3) is 0.636. The first kappa shape index (κ1) is 13.6. The number of nitrogens with one attached hydrogen (secondary N) is 1. The SMILES string of the molecule is CC(C)(CCCN)CNc1ncc(I)cn1. The molecule has 0 aromatic carbocycles. The van der Waals surface area contributed by atoms with Crippen molar-refractivity contribution in [3.8, 4) is 0 Å². The molecule has 0 fully saturated rings. The minimum absolute atomic E-state index is 0.228. The van der Waals surface area contributed by atoms with Crippen molar-refractivity contribution in [2.75, 3.05) is 18.4 Å². The van der Waals surface area contributed by atoms with E-state index in [2.05, 4.69) is 51.7 Å². The summed E-state index contributed by atoms with van der Waals surface area (Å²) in [5, 5.41) is 3.25. The number of hydrogen-bond acceptors (Lipinski definition) is 4. The van der Waals surface area contributed by atoms with E-state index in [1.54, 1.807) is 0 Å². The summed E-state index contributed by atoms with van der Waals surface area (Å²) in [6.45, 7) is 6.07. The molecule has 4 nitrogen and oxygen atoms in total. The number of nitrogens with two attached hydrogens (primary N) is 1. The lowest BCUT2D eigenvalue weighted by Crippen LogP contribution is -2.24. The molecule has 16 heavy (non-hydrogen) atoms. The van der Waals surface area contributed by atoms with E-state index < -0.39 is 0 Å². The van der Waals surface area contributed by atoms with E-state index in [9.17, 15) is 0 Å². The molecular formula is C11H19IN4. The third-order valence-electron chi connectivity index (χ3n) is 2.40. The summed E-state index contributed by atoms with van der Waals surface area (Å²) < 4.78 is 1.05. The molecule has 90 valence electrons. The molecule has 0 radical (unpaired) electrons. The fourth-order valence-electron chi connectivity index (χ4n) is 1.39. The van der Waals surface area contributed by atoms with Crippen LogP contribution in [0.2, 0.25) is 0 Å². The Bertz CT molecular complexity index is 310. The Labute approximate surface area is 111 Å². The van der Waals surface area contributed by atoms with Crippen LogP contribution in [0, 0.1) is 8.99 Å². The Morgan fingerprint density at radius 1 is 1.38 bits per heavy atom. The van der Waals surface area contributed by atoms with E-state index in [-0.39, 0.29) is 5.41 Å². The maximum atomic E-state index is 5.51. The first-order valence-electron chi connectivity index (χ1n) is 5.45. The molecule has 1 heterocycles. The Morgan fingerprint density at radius 3 is 2.56 bits per heavy atom. The minimum atomic E-state index is 0.228. The van der Waals surface area contributed by atoms with Crippen LogP contribution in [-0.2, 0) is 0 Å². The van der Waals surface area contributed by atoms with Crippen LogP contribution in [-0.4, -0.2) is 23.1 Å². The van der Waals surface area contributed by atoms with E-state index in [0.29, 0.717) is 5.95 Å². The van der Waals surface area contributed by atoms with Gasteiger partial charge in [-0.05, 0) is 47.4 Å². The summed E-state index contributed by atoms with van der Waals surface area (Å²) in [5.74, 6) is 0.696. The predicted octanol–water partition coefficient (Wildman–Crippen LogP) is 2.26. The Balaban J connectivity index is 2.41. The van der Waals surface area contributed by atoms with Crippen LogP contribution in [0.5, 0.6) is 0 Å². The minimum Gasteiger partial charge on any atom is -0.354 e. The summed E-state index contributed by atoms with van der Waals surface area (Å²) in [6.07, 6.45) is 5.79. The van der Waals surface area contributed by atoms with Gasteiger partial charge >= 0.3 is 0 Å². The molecule has 1 rings (SSSR count). The molecule has 0 atom stereocenters. The Morgan fingerprint density at radius 2 is 2.00 bits per heavy atom. The average Bonchev–Trinajstić information content (AvgIpc) is 2.26. The van der Waals surface area contributed by atoms with Crippen molar-refractivity contribution < 1.29 is 0 Å². The second kappa shape index (κ2) is 6.34. The third-order valence-corrected chi connectivity index (χ3v) is 2.96. The van der Waals surface area contributed by atoms with E-state index in [0.717, 1.165) is 29.5 Å². The maximum absolute atomic E-state index is 5.51. The molecular weight excluding hydrogens is 315 g/mol. The predicted molar refractivity (Wildman–Crippen MR) is 75.3 cm³/mol. The van der Waals surface area contributed by atoms with Crippen LogP contribution in [0.4, 0.5) is 5.95 Å². The Hall–Kier alpha value is -0.430. The van der Waals surface area contributed by atoms with Gasteiger partial charge in [-0.2, -0.15) is 0 Å². The molecule has 0 aliphatic carbocycles. The van der Waals surface area contributed by atoms with Gasteiger partial charge in [0.25, 0.3) is 0 Å². The van der Waals surface area contributed by atoms with Crippen molar-refractivity contribution in [2.24, 2.45) is 11.1 Å². The van der Waals surface area contributed by atoms with Crippen LogP contribution < -0.4 is 11.1 Å². The monoisotopic (exact) mass is 334 g/mol. The quantitative estimate of drug-likeness (QED) is 0.784. The number of hydrogen-bond donors (Lipinski definition) is 2. The first-order valence-corrected chi connectivity index (χ1v) is 6.53. The largest absolute Gasteiger partial charge is 0.354 e. The molecule has 0 unspecified atom stereocenters. The van der Waals surface area contributed by atoms with Crippen molar-refractivity contribution in [2.45, 2.75) is 26.7 Å². The molecule has 0 saturated carbocycles. The van der Waals surface area contributed by atoms with Gasteiger partial charge in [-0.3, -0.25) is 0 Å². The highest BCUT2D eigenvalue weighted by atomic mass is 127. The second-order valence-electron chi connectivity index (χ2n) is 4.63. The number of anilines is 1. The summed E-state index contributed by atoms with van der Waals surface area (Å²) in [6, 6.07) is 0. The van der Waals surface area contributed by atoms with Gasteiger partial charge in [0.2, 0.25) is 5.95 Å². The van der Waals surface area contributed by atoms with Crippen molar-refractivity contribution >= 4 is 28.5 Å². The molecule has 1 aromatic rings.